The van der Waals surface area contributed by atoms with Crippen LogP contribution in [0.3, 0.4) is 0 Å². The average molecular weight is 251 g/mol. The Labute approximate surface area is 115 Å². The summed E-state index contributed by atoms with van der Waals surface area (Å²) >= 11 is 0. The van der Waals surface area contributed by atoms with E-state index in [1.54, 1.807) is 0 Å². The average Bonchev–Trinajstić information content (AvgIpc) is 2.40. The van der Waals surface area contributed by atoms with E-state index < -0.39 is 0 Å². The number of rotatable bonds is 4. The SMILES string of the molecule is CC(=N)C(C)C(c1ccccc1)c1cccc(C)c1. The molecular weight excluding hydrogens is 230 g/mol. The minimum Gasteiger partial charge on any atom is -0.310 e. The van der Waals surface area contributed by atoms with Gasteiger partial charge in [0.2, 0.25) is 0 Å². The molecule has 2 unspecified atom stereocenters. The molecule has 0 spiro atoms. The Hall–Kier alpha value is -1.89. The lowest BCUT2D eigenvalue weighted by Gasteiger charge is -2.25. The van der Waals surface area contributed by atoms with Gasteiger partial charge in [-0.15, -0.1) is 0 Å². The van der Waals surface area contributed by atoms with Gasteiger partial charge in [-0.25, -0.2) is 0 Å². The smallest absolute Gasteiger partial charge is 0.0167 e. The number of hydrogen-bond donors (Lipinski definition) is 1. The Bertz CT molecular complexity index is 557. The van der Waals surface area contributed by atoms with Crippen molar-refractivity contribution in [2.45, 2.75) is 26.7 Å². The summed E-state index contributed by atoms with van der Waals surface area (Å²) in [5.41, 5.74) is 4.58. The predicted octanol–water partition coefficient (Wildman–Crippen LogP) is 4.80. The third-order valence-electron chi connectivity index (χ3n) is 3.74. The van der Waals surface area contributed by atoms with Gasteiger partial charge < -0.3 is 5.41 Å². The summed E-state index contributed by atoms with van der Waals surface area (Å²) in [5.74, 6) is 0.475. The van der Waals surface area contributed by atoms with Crippen LogP contribution in [0.5, 0.6) is 0 Å². The van der Waals surface area contributed by atoms with Crippen LogP contribution in [0.2, 0.25) is 0 Å². The number of nitrogens with one attached hydrogen (secondary N) is 1. The fourth-order valence-electron chi connectivity index (χ4n) is 2.54. The third kappa shape index (κ3) is 3.11. The molecule has 1 heteroatoms. The van der Waals surface area contributed by atoms with E-state index in [1.165, 1.54) is 16.7 Å². The topological polar surface area (TPSA) is 23.9 Å². The Kier molecular flexibility index (Phi) is 4.16. The molecule has 0 saturated carbocycles. The van der Waals surface area contributed by atoms with Gasteiger partial charge in [-0.2, -0.15) is 0 Å². The molecule has 0 aliphatic heterocycles. The molecular formula is C18H21N. The summed E-state index contributed by atoms with van der Waals surface area (Å²) in [7, 11) is 0. The fraction of sp³-hybridized carbons (Fsp3) is 0.278. The zero-order chi connectivity index (χ0) is 13.8. The van der Waals surface area contributed by atoms with Gasteiger partial charge >= 0.3 is 0 Å². The molecule has 1 N–H and O–H groups in total. The van der Waals surface area contributed by atoms with Crippen molar-refractivity contribution in [3.63, 3.8) is 0 Å². The second-order valence-corrected chi connectivity index (χ2v) is 5.27. The zero-order valence-electron chi connectivity index (χ0n) is 11.9. The monoisotopic (exact) mass is 251 g/mol. The highest BCUT2D eigenvalue weighted by Crippen LogP contribution is 2.32. The van der Waals surface area contributed by atoms with Gasteiger partial charge in [-0.1, -0.05) is 67.1 Å². The molecule has 0 radical (unpaired) electrons. The number of aryl methyl sites for hydroxylation is 1. The molecule has 2 aromatic rings. The van der Waals surface area contributed by atoms with E-state index in [0.717, 1.165) is 5.71 Å². The molecule has 0 amide bonds. The van der Waals surface area contributed by atoms with Crippen LogP contribution in [0.15, 0.2) is 54.6 Å². The molecule has 2 atom stereocenters. The molecule has 98 valence electrons. The summed E-state index contributed by atoms with van der Waals surface area (Å²) < 4.78 is 0. The van der Waals surface area contributed by atoms with Crippen molar-refractivity contribution in [1.82, 2.24) is 0 Å². The predicted molar refractivity (Wildman–Crippen MR) is 82.0 cm³/mol. The van der Waals surface area contributed by atoms with Crippen molar-refractivity contribution in [1.29, 1.82) is 5.41 Å². The molecule has 1 nitrogen and oxygen atoms in total. The highest BCUT2D eigenvalue weighted by molar-refractivity contribution is 5.82. The largest absolute Gasteiger partial charge is 0.310 e. The van der Waals surface area contributed by atoms with E-state index in [2.05, 4.69) is 62.4 Å². The number of hydrogen-bond acceptors (Lipinski definition) is 1. The molecule has 0 bridgehead atoms. The summed E-state index contributed by atoms with van der Waals surface area (Å²) in [6.07, 6.45) is 0. The van der Waals surface area contributed by atoms with Crippen molar-refractivity contribution in [2.75, 3.05) is 0 Å². The third-order valence-corrected chi connectivity index (χ3v) is 3.74. The quantitative estimate of drug-likeness (QED) is 0.754. The van der Waals surface area contributed by atoms with Crippen LogP contribution in [0.4, 0.5) is 0 Å². The Morgan fingerprint density at radius 1 is 0.947 bits per heavy atom. The lowest BCUT2D eigenvalue weighted by molar-refractivity contribution is 0.653. The lowest BCUT2D eigenvalue weighted by atomic mass is 9.79. The van der Waals surface area contributed by atoms with Gasteiger partial charge in [0.15, 0.2) is 0 Å². The molecule has 0 aliphatic carbocycles. The van der Waals surface area contributed by atoms with E-state index in [-0.39, 0.29) is 11.8 Å². The van der Waals surface area contributed by atoms with Crippen LogP contribution in [0.25, 0.3) is 0 Å². The highest BCUT2D eigenvalue weighted by Gasteiger charge is 2.22. The van der Waals surface area contributed by atoms with E-state index in [0.29, 0.717) is 0 Å². The van der Waals surface area contributed by atoms with Crippen molar-refractivity contribution < 1.29 is 0 Å². The van der Waals surface area contributed by atoms with Crippen molar-refractivity contribution in [2.24, 2.45) is 5.92 Å². The van der Waals surface area contributed by atoms with Crippen molar-refractivity contribution >= 4 is 5.71 Å². The molecule has 19 heavy (non-hydrogen) atoms. The van der Waals surface area contributed by atoms with Crippen LogP contribution in [0.1, 0.15) is 36.5 Å². The minimum absolute atomic E-state index is 0.212. The van der Waals surface area contributed by atoms with Gasteiger partial charge in [-0.05, 0) is 25.0 Å². The van der Waals surface area contributed by atoms with Gasteiger partial charge in [0.05, 0.1) is 0 Å². The first-order chi connectivity index (χ1) is 9.09. The summed E-state index contributed by atoms with van der Waals surface area (Å²) in [4.78, 5) is 0. The van der Waals surface area contributed by atoms with Crippen LogP contribution in [0, 0.1) is 18.3 Å². The normalized spacial score (nSPS) is 13.8. The molecule has 0 fully saturated rings. The van der Waals surface area contributed by atoms with Crippen LogP contribution < -0.4 is 0 Å². The molecule has 0 heterocycles. The Balaban J connectivity index is 2.49. The Morgan fingerprint density at radius 3 is 2.16 bits per heavy atom. The maximum atomic E-state index is 7.98. The maximum Gasteiger partial charge on any atom is 0.0167 e. The second-order valence-electron chi connectivity index (χ2n) is 5.27. The van der Waals surface area contributed by atoms with Crippen molar-refractivity contribution in [3.8, 4) is 0 Å². The molecule has 0 aliphatic rings. The second kappa shape index (κ2) is 5.83. The fourth-order valence-corrected chi connectivity index (χ4v) is 2.54. The molecule has 2 rings (SSSR count). The maximum absolute atomic E-state index is 7.98. The van der Waals surface area contributed by atoms with Gasteiger partial charge in [0.25, 0.3) is 0 Å². The first-order valence-corrected chi connectivity index (χ1v) is 6.76. The first-order valence-electron chi connectivity index (χ1n) is 6.76. The van der Waals surface area contributed by atoms with E-state index >= 15 is 0 Å². The lowest BCUT2D eigenvalue weighted by Crippen LogP contribution is -2.18. The molecule has 0 aromatic heterocycles. The van der Waals surface area contributed by atoms with Crippen LogP contribution in [-0.2, 0) is 0 Å². The van der Waals surface area contributed by atoms with Crippen LogP contribution >= 0.6 is 0 Å². The summed E-state index contributed by atoms with van der Waals surface area (Å²) in [5, 5.41) is 7.98. The first kappa shape index (κ1) is 13.5. The van der Waals surface area contributed by atoms with Gasteiger partial charge in [-0.3, -0.25) is 0 Å². The zero-order valence-corrected chi connectivity index (χ0v) is 11.9. The minimum atomic E-state index is 0.212. The summed E-state index contributed by atoms with van der Waals surface area (Å²) in [6.45, 7) is 6.16. The van der Waals surface area contributed by atoms with E-state index in [4.69, 9.17) is 5.41 Å². The molecule has 0 saturated heterocycles. The number of benzene rings is 2. The van der Waals surface area contributed by atoms with E-state index in [1.807, 2.05) is 13.0 Å². The van der Waals surface area contributed by atoms with Gasteiger partial charge in [0, 0.05) is 17.5 Å². The highest BCUT2D eigenvalue weighted by atomic mass is 14.4. The molecule has 2 aromatic carbocycles. The van der Waals surface area contributed by atoms with Gasteiger partial charge in [0.1, 0.15) is 0 Å². The Morgan fingerprint density at radius 2 is 1.58 bits per heavy atom. The van der Waals surface area contributed by atoms with Crippen LogP contribution in [-0.4, -0.2) is 5.71 Å². The van der Waals surface area contributed by atoms with E-state index in [9.17, 15) is 0 Å². The standard InChI is InChI=1S/C18H21N/c1-13-8-7-11-17(12-13)18(14(2)15(3)19)16-9-5-4-6-10-16/h4-12,14,18-19H,1-3H3. The summed E-state index contributed by atoms with van der Waals surface area (Å²) in [6, 6.07) is 19.1. The van der Waals surface area contributed by atoms with Crippen molar-refractivity contribution in [3.05, 3.63) is 71.3 Å².